The highest BCUT2D eigenvalue weighted by atomic mass is 32.2. The molecule has 1 N–H and O–H groups in total. The smallest absolute Gasteiger partial charge is 0.244 e. The molecule has 0 saturated heterocycles. The quantitative estimate of drug-likeness (QED) is 0.373. The lowest BCUT2D eigenvalue weighted by Gasteiger charge is -2.22. The number of anilines is 2. The van der Waals surface area contributed by atoms with Gasteiger partial charge < -0.3 is 19.7 Å². The van der Waals surface area contributed by atoms with E-state index in [9.17, 15) is 9.59 Å². The van der Waals surface area contributed by atoms with Gasteiger partial charge in [0.25, 0.3) is 0 Å². The van der Waals surface area contributed by atoms with Crippen LogP contribution in [0.25, 0.3) is 0 Å². The van der Waals surface area contributed by atoms with Gasteiger partial charge in [0.05, 0.1) is 19.9 Å². The fourth-order valence-corrected chi connectivity index (χ4v) is 5.54. The molecule has 188 valence electrons. The average molecular weight is 505 g/mol. The predicted molar refractivity (Wildman–Crippen MR) is 145 cm³/mol. The van der Waals surface area contributed by atoms with Crippen LogP contribution in [0.1, 0.15) is 42.6 Å². The van der Waals surface area contributed by atoms with Gasteiger partial charge in [-0.3, -0.25) is 9.59 Å². The number of methoxy groups -OCH3 is 2. The number of unbranched alkanes of at least 4 members (excludes halogenated alkanes) is 1. The van der Waals surface area contributed by atoms with Crippen molar-refractivity contribution in [2.24, 2.45) is 0 Å². The average Bonchev–Trinajstić information content (AvgIpc) is 3.04. The Morgan fingerprint density at radius 3 is 2.50 bits per heavy atom. The molecule has 1 unspecified atom stereocenters. The van der Waals surface area contributed by atoms with Crippen molar-refractivity contribution in [2.75, 3.05) is 31.0 Å². The van der Waals surface area contributed by atoms with Crippen LogP contribution >= 0.6 is 11.8 Å². The minimum absolute atomic E-state index is 0.0490. The number of rotatable bonds is 9. The maximum Gasteiger partial charge on any atom is 0.244 e. The molecular formula is C29H32N2O4S. The number of benzene rings is 3. The molecule has 1 aliphatic rings. The van der Waals surface area contributed by atoms with Gasteiger partial charge in [0.15, 0.2) is 11.5 Å². The number of aryl methyl sites for hydroxylation is 1. The summed E-state index contributed by atoms with van der Waals surface area (Å²) in [6.45, 7) is 2.12. The monoisotopic (exact) mass is 504 g/mol. The molecule has 0 fully saturated rings. The van der Waals surface area contributed by atoms with Crippen molar-refractivity contribution in [3.8, 4) is 11.5 Å². The first kappa shape index (κ1) is 25.6. The van der Waals surface area contributed by atoms with Crippen LogP contribution in [0.5, 0.6) is 11.5 Å². The third-order valence-electron chi connectivity index (χ3n) is 6.22. The Kier molecular flexibility index (Phi) is 8.54. The Bertz CT molecular complexity index is 1210. The highest BCUT2D eigenvalue weighted by Crippen LogP contribution is 2.46. The Labute approximate surface area is 217 Å². The molecule has 0 spiro atoms. The van der Waals surface area contributed by atoms with Crippen LogP contribution in [-0.4, -0.2) is 32.6 Å². The summed E-state index contributed by atoms with van der Waals surface area (Å²) < 4.78 is 10.8. The van der Waals surface area contributed by atoms with Crippen LogP contribution in [0, 0.1) is 0 Å². The van der Waals surface area contributed by atoms with Gasteiger partial charge in [-0.15, -0.1) is 11.8 Å². The van der Waals surface area contributed by atoms with E-state index in [0.717, 1.165) is 41.1 Å². The van der Waals surface area contributed by atoms with Crippen LogP contribution in [0.3, 0.4) is 0 Å². The lowest BCUT2D eigenvalue weighted by molar-refractivity contribution is -0.121. The number of nitrogens with zero attached hydrogens (tertiary/aromatic N) is 1. The van der Waals surface area contributed by atoms with E-state index >= 15 is 0 Å². The second kappa shape index (κ2) is 12.0. The maximum atomic E-state index is 13.4. The zero-order chi connectivity index (χ0) is 25.5. The van der Waals surface area contributed by atoms with Gasteiger partial charge >= 0.3 is 0 Å². The van der Waals surface area contributed by atoms with Crippen LogP contribution < -0.4 is 19.7 Å². The first-order valence-electron chi connectivity index (χ1n) is 12.2. The normalized spacial score (nSPS) is 15.1. The fourth-order valence-electron chi connectivity index (χ4n) is 4.27. The van der Waals surface area contributed by atoms with Gasteiger partial charge in [0.1, 0.15) is 6.54 Å². The number of thioether (sulfide) groups is 1. The van der Waals surface area contributed by atoms with Gasteiger partial charge in [-0.2, -0.15) is 0 Å². The molecule has 1 aliphatic heterocycles. The first-order chi connectivity index (χ1) is 17.5. The number of nitrogens with one attached hydrogen (secondary N) is 1. The molecule has 2 amide bonds. The van der Waals surface area contributed by atoms with Crippen molar-refractivity contribution < 1.29 is 19.1 Å². The molecule has 7 heteroatoms. The van der Waals surface area contributed by atoms with Crippen LogP contribution in [0.4, 0.5) is 11.4 Å². The third-order valence-corrected chi connectivity index (χ3v) is 7.55. The Morgan fingerprint density at radius 2 is 1.78 bits per heavy atom. The number of fused-ring (bicyclic) bond motifs is 1. The minimum atomic E-state index is -0.228. The van der Waals surface area contributed by atoms with Gasteiger partial charge in [0.2, 0.25) is 11.8 Å². The second-order valence-corrected chi connectivity index (χ2v) is 9.97. The lowest BCUT2D eigenvalue weighted by atomic mass is 10.1. The van der Waals surface area contributed by atoms with E-state index in [1.807, 2.05) is 66.7 Å². The lowest BCUT2D eigenvalue weighted by Crippen LogP contribution is -2.38. The summed E-state index contributed by atoms with van der Waals surface area (Å²) in [6, 6.07) is 21.4. The maximum absolute atomic E-state index is 13.4. The van der Waals surface area contributed by atoms with Crippen molar-refractivity contribution in [1.82, 2.24) is 0 Å². The summed E-state index contributed by atoms with van der Waals surface area (Å²) >= 11 is 1.62. The topological polar surface area (TPSA) is 67.9 Å². The molecule has 0 saturated carbocycles. The number of carbonyl (C=O) groups is 2. The van der Waals surface area contributed by atoms with Gasteiger partial charge in [0, 0.05) is 22.3 Å². The standard InChI is InChI=1S/C29H32N2O4S/c1-4-5-8-20-11-14-22(15-12-20)30-28(32)19-31-23-9-6-7-10-26(23)36-27(18-29(31)33)21-13-16-24(34-2)25(17-21)35-3/h6-7,9-17,27H,4-5,8,18-19H2,1-3H3,(H,30,32). The van der Waals surface area contributed by atoms with Gasteiger partial charge in [-0.1, -0.05) is 43.7 Å². The van der Waals surface area contributed by atoms with Crippen molar-refractivity contribution in [3.63, 3.8) is 0 Å². The van der Waals surface area contributed by atoms with Crippen LogP contribution in [0.2, 0.25) is 0 Å². The van der Waals surface area contributed by atoms with E-state index in [-0.39, 0.29) is 30.0 Å². The van der Waals surface area contributed by atoms with E-state index in [1.54, 1.807) is 30.9 Å². The number of amides is 2. The van der Waals surface area contributed by atoms with Crippen molar-refractivity contribution in [2.45, 2.75) is 42.8 Å². The zero-order valence-corrected chi connectivity index (χ0v) is 21.8. The molecule has 6 nitrogen and oxygen atoms in total. The van der Waals surface area contributed by atoms with E-state index < -0.39 is 0 Å². The highest BCUT2D eigenvalue weighted by molar-refractivity contribution is 7.99. The molecule has 0 radical (unpaired) electrons. The van der Waals surface area contributed by atoms with E-state index in [4.69, 9.17) is 9.47 Å². The minimum Gasteiger partial charge on any atom is -0.493 e. The molecule has 1 heterocycles. The third kappa shape index (κ3) is 6.02. The summed E-state index contributed by atoms with van der Waals surface area (Å²) in [5, 5.41) is 2.82. The zero-order valence-electron chi connectivity index (χ0n) is 21.0. The molecule has 36 heavy (non-hydrogen) atoms. The van der Waals surface area contributed by atoms with Crippen molar-refractivity contribution in [1.29, 1.82) is 0 Å². The second-order valence-electron chi connectivity index (χ2n) is 8.72. The fraction of sp³-hybridized carbons (Fsp3) is 0.310. The predicted octanol–water partition coefficient (Wildman–Crippen LogP) is 6.26. The van der Waals surface area contributed by atoms with Crippen molar-refractivity contribution in [3.05, 3.63) is 77.9 Å². The molecule has 1 atom stereocenters. The SMILES string of the molecule is CCCCc1ccc(NC(=O)CN2C(=O)CC(c3ccc(OC)c(OC)c3)Sc3ccccc32)cc1. The van der Waals surface area contributed by atoms with E-state index in [0.29, 0.717) is 11.5 Å². The number of para-hydroxylation sites is 1. The molecule has 3 aromatic rings. The van der Waals surface area contributed by atoms with Crippen LogP contribution in [-0.2, 0) is 16.0 Å². The molecule has 0 aromatic heterocycles. The summed E-state index contributed by atoms with van der Waals surface area (Å²) in [7, 11) is 3.20. The number of carbonyl (C=O) groups excluding carboxylic acids is 2. The van der Waals surface area contributed by atoms with Gasteiger partial charge in [-0.25, -0.2) is 0 Å². The summed E-state index contributed by atoms with van der Waals surface area (Å²) in [6.07, 6.45) is 3.58. The first-order valence-corrected chi connectivity index (χ1v) is 13.1. The van der Waals surface area contributed by atoms with E-state index in [1.165, 1.54) is 5.56 Å². The van der Waals surface area contributed by atoms with Gasteiger partial charge in [-0.05, 0) is 60.4 Å². The number of ether oxygens (including phenoxy) is 2. The Balaban J connectivity index is 1.52. The largest absolute Gasteiger partial charge is 0.493 e. The highest BCUT2D eigenvalue weighted by Gasteiger charge is 2.30. The summed E-state index contributed by atoms with van der Waals surface area (Å²) in [5.74, 6) is 0.937. The Morgan fingerprint density at radius 1 is 1.03 bits per heavy atom. The number of hydrogen-bond acceptors (Lipinski definition) is 5. The molecule has 0 bridgehead atoms. The van der Waals surface area contributed by atoms with Crippen molar-refractivity contribution >= 4 is 35.0 Å². The number of hydrogen-bond donors (Lipinski definition) is 1. The van der Waals surface area contributed by atoms with E-state index in [2.05, 4.69) is 12.2 Å². The molecule has 0 aliphatic carbocycles. The summed E-state index contributed by atoms with van der Waals surface area (Å²) in [5.41, 5.74) is 3.70. The van der Waals surface area contributed by atoms with Crippen LogP contribution in [0.15, 0.2) is 71.6 Å². The molecule has 3 aromatic carbocycles. The molecular weight excluding hydrogens is 472 g/mol. The molecule has 4 rings (SSSR count). The summed E-state index contributed by atoms with van der Waals surface area (Å²) in [4.78, 5) is 29.0. The Hall–Kier alpha value is -3.45.